The van der Waals surface area contributed by atoms with Crippen LogP contribution in [-0.4, -0.2) is 16.7 Å². The van der Waals surface area contributed by atoms with Crippen LogP contribution < -0.4 is 11.1 Å². The fraction of sp³-hybridized carbons (Fsp3) is 0.182. The first-order valence-corrected chi connectivity index (χ1v) is 9.10. The van der Waals surface area contributed by atoms with Gasteiger partial charge in [-0.3, -0.25) is 5.41 Å². The summed E-state index contributed by atoms with van der Waals surface area (Å²) in [4.78, 5) is 7.62. The van der Waals surface area contributed by atoms with Crippen LogP contribution >= 0.6 is 0 Å². The average molecular weight is 357 g/mol. The highest BCUT2D eigenvalue weighted by Gasteiger charge is 2.27. The summed E-state index contributed by atoms with van der Waals surface area (Å²) in [6.07, 6.45) is 1.91. The highest BCUT2D eigenvalue weighted by Crippen LogP contribution is 2.36. The third kappa shape index (κ3) is 3.12. The lowest BCUT2D eigenvalue weighted by Gasteiger charge is -2.20. The molecule has 3 aromatic rings. The van der Waals surface area contributed by atoms with Crippen molar-refractivity contribution in [3.05, 3.63) is 88.7 Å². The standard InChI is InChI=1S/C22H23N5/c1-13(2)14-7-9-15(10-8-14)19-17-11-12-25-20(17)21(27-22(23)24)16-5-3-4-6-18(16)26-19/h3-13,19,25-26H,1-2H3,(H3,23,24)/b27-21-. The van der Waals surface area contributed by atoms with Gasteiger partial charge in [0, 0.05) is 23.0 Å². The number of aromatic amines is 1. The van der Waals surface area contributed by atoms with Crippen LogP contribution in [0.1, 0.15) is 53.8 Å². The SMILES string of the molecule is CC(C)c1ccc(C2Nc3ccccc3/C(=N/C(=N)N)c3[nH]ccc32)cc1. The zero-order valence-corrected chi connectivity index (χ0v) is 15.5. The molecule has 0 aliphatic carbocycles. The van der Waals surface area contributed by atoms with Crippen molar-refractivity contribution in [1.29, 1.82) is 5.41 Å². The number of aromatic nitrogens is 1. The Morgan fingerprint density at radius 3 is 2.52 bits per heavy atom. The van der Waals surface area contributed by atoms with Gasteiger partial charge in [0.1, 0.15) is 5.71 Å². The molecule has 0 bridgehead atoms. The Kier molecular flexibility index (Phi) is 4.28. The van der Waals surface area contributed by atoms with Crippen LogP contribution in [0, 0.1) is 5.41 Å². The summed E-state index contributed by atoms with van der Waals surface area (Å²) in [6, 6.07) is 18.8. The number of rotatable bonds is 2. The smallest absolute Gasteiger partial charge is 0.213 e. The molecule has 27 heavy (non-hydrogen) atoms. The van der Waals surface area contributed by atoms with E-state index in [2.05, 4.69) is 59.5 Å². The molecule has 0 radical (unpaired) electrons. The Hall–Kier alpha value is -3.34. The van der Waals surface area contributed by atoms with E-state index in [4.69, 9.17) is 11.1 Å². The highest BCUT2D eigenvalue weighted by atomic mass is 15.0. The maximum absolute atomic E-state index is 7.67. The number of anilines is 1. The zero-order chi connectivity index (χ0) is 19.0. The fourth-order valence-corrected chi connectivity index (χ4v) is 3.58. The van der Waals surface area contributed by atoms with Crippen LogP contribution in [-0.2, 0) is 0 Å². The molecule has 0 amide bonds. The third-order valence-electron chi connectivity index (χ3n) is 4.98. The van der Waals surface area contributed by atoms with Gasteiger partial charge in [0.05, 0.1) is 11.7 Å². The van der Waals surface area contributed by atoms with Gasteiger partial charge in [-0.1, -0.05) is 56.3 Å². The van der Waals surface area contributed by atoms with Crippen LogP contribution in [0.25, 0.3) is 0 Å². The molecular weight excluding hydrogens is 334 g/mol. The first-order chi connectivity index (χ1) is 13.0. The number of nitrogens with two attached hydrogens (primary N) is 1. The summed E-state index contributed by atoms with van der Waals surface area (Å²) in [5.74, 6) is 0.291. The Morgan fingerprint density at radius 1 is 1.07 bits per heavy atom. The van der Waals surface area contributed by atoms with Crippen LogP contribution in [0.3, 0.4) is 0 Å². The lowest BCUT2D eigenvalue weighted by atomic mass is 9.95. The molecule has 0 spiro atoms. The summed E-state index contributed by atoms with van der Waals surface area (Å²) < 4.78 is 0. The molecule has 0 fully saturated rings. The van der Waals surface area contributed by atoms with E-state index in [1.165, 1.54) is 11.1 Å². The summed E-state index contributed by atoms with van der Waals surface area (Å²) in [5, 5.41) is 11.3. The number of hydrogen-bond acceptors (Lipinski definition) is 2. The number of aliphatic imine (C=N–C) groups is 1. The van der Waals surface area contributed by atoms with Crippen LogP contribution in [0.15, 0.2) is 65.8 Å². The molecule has 136 valence electrons. The molecule has 4 rings (SSSR count). The molecule has 5 nitrogen and oxygen atoms in total. The molecule has 1 aliphatic rings. The van der Waals surface area contributed by atoms with Crippen molar-refractivity contribution >= 4 is 17.4 Å². The quantitative estimate of drug-likeness (QED) is 0.405. The van der Waals surface area contributed by atoms with Crippen molar-refractivity contribution in [2.75, 3.05) is 5.32 Å². The Bertz CT molecular complexity index is 1010. The number of nitrogens with zero attached hydrogens (tertiary/aromatic N) is 1. The number of benzene rings is 2. The van der Waals surface area contributed by atoms with Gasteiger partial charge in [-0.15, -0.1) is 0 Å². The van der Waals surface area contributed by atoms with Crippen LogP contribution in [0.2, 0.25) is 0 Å². The third-order valence-corrected chi connectivity index (χ3v) is 4.98. The summed E-state index contributed by atoms with van der Waals surface area (Å²) in [7, 11) is 0. The van der Waals surface area contributed by atoms with Crippen molar-refractivity contribution in [1.82, 2.24) is 4.98 Å². The van der Waals surface area contributed by atoms with Crippen molar-refractivity contribution < 1.29 is 0 Å². The first-order valence-electron chi connectivity index (χ1n) is 9.10. The maximum atomic E-state index is 7.67. The van der Waals surface area contributed by atoms with E-state index in [0.29, 0.717) is 11.6 Å². The number of nitrogens with one attached hydrogen (secondary N) is 3. The molecule has 5 N–H and O–H groups in total. The second kappa shape index (κ2) is 6.76. The Morgan fingerprint density at radius 2 is 1.81 bits per heavy atom. The first kappa shape index (κ1) is 17.1. The molecule has 2 heterocycles. The minimum absolute atomic E-state index is 0.0201. The number of H-pyrrole nitrogens is 1. The normalized spacial score (nSPS) is 17.1. The lowest BCUT2D eigenvalue weighted by Crippen LogP contribution is -2.14. The van der Waals surface area contributed by atoms with Crippen molar-refractivity contribution in [3.8, 4) is 0 Å². The Labute approximate surface area is 158 Å². The van der Waals surface area contributed by atoms with Crippen LogP contribution in [0.5, 0.6) is 0 Å². The fourth-order valence-electron chi connectivity index (χ4n) is 3.58. The van der Waals surface area contributed by atoms with Gasteiger partial charge >= 0.3 is 0 Å². The zero-order valence-electron chi connectivity index (χ0n) is 15.5. The molecular formula is C22H23N5. The van der Waals surface area contributed by atoms with E-state index in [-0.39, 0.29) is 12.0 Å². The largest absolute Gasteiger partial charge is 0.374 e. The molecule has 1 unspecified atom stereocenters. The van der Waals surface area contributed by atoms with Crippen molar-refractivity contribution in [2.45, 2.75) is 25.8 Å². The number of fused-ring (bicyclic) bond motifs is 2. The molecule has 1 aliphatic heterocycles. The van der Waals surface area contributed by atoms with E-state index in [1.807, 2.05) is 30.5 Å². The van der Waals surface area contributed by atoms with Crippen molar-refractivity contribution in [3.63, 3.8) is 0 Å². The maximum Gasteiger partial charge on any atom is 0.213 e. The van der Waals surface area contributed by atoms with Gasteiger partial charge in [0.2, 0.25) is 5.96 Å². The highest BCUT2D eigenvalue weighted by molar-refractivity contribution is 6.19. The second-order valence-electron chi connectivity index (χ2n) is 7.10. The average Bonchev–Trinajstić information content (AvgIpc) is 3.09. The van der Waals surface area contributed by atoms with Gasteiger partial charge in [0.15, 0.2) is 0 Å². The summed E-state index contributed by atoms with van der Waals surface area (Å²) in [5.41, 5.74) is 12.7. The van der Waals surface area contributed by atoms with Crippen LogP contribution in [0.4, 0.5) is 5.69 Å². The number of guanidine groups is 1. The minimum Gasteiger partial charge on any atom is -0.374 e. The van der Waals surface area contributed by atoms with Gasteiger partial charge in [0.25, 0.3) is 0 Å². The predicted octanol–water partition coefficient (Wildman–Crippen LogP) is 4.38. The minimum atomic E-state index is -0.208. The molecule has 0 saturated heterocycles. The van der Waals surface area contributed by atoms with E-state index >= 15 is 0 Å². The predicted molar refractivity (Wildman–Crippen MR) is 111 cm³/mol. The number of hydrogen-bond donors (Lipinski definition) is 4. The summed E-state index contributed by atoms with van der Waals surface area (Å²) in [6.45, 7) is 4.40. The second-order valence-corrected chi connectivity index (χ2v) is 7.10. The molecule has 0 saturated carbocycles. The topological polar surface area (TPSA) is 90.1 Å². The van der Waals surface area contributed by atoms with Gasteiger partial charge in [-0.2, -0.15) is 0 Å². The van der Waals surface area contributed by atoms with E-state index < -0.39 is 0 Å². The van der Waals surface area contributed by atoms with E-state index in [9.17, 15) is 0 Å². The molecule has 1 atom stereocenters. The van der Waals surface area contributed by atoms with Gasteiger partial charge < -0.3 is 16.0 Å². The van der Waals surface area contributed by atoms with Gasteiger partial charge in [-0.25, -0.2) is 4.99 Å². The van der Waals surface area contributed by atoms with Gasteiger partial charge in [-0.05, 0) is 29.2 Å². The molecule has 5 heteroatoms. The van der Waals surface area contributed by atoms with Crippen molar-refractivity contribution in [2.24, 2.45) is 10.7 Å². The van der Waals surface area contributed by atoms with E-state index in [0.717, 1.165) is 22.5 Å². The monoisotopic (exact) mass is 357 g/mol. The van der Waals surface area contributed by atoms with E-state index in [1.54, 1.807) is 0 Å². The number of para-hydroxylation sites is 1. The molecule has 2 aromatic carbocycles. The summed E-state index contributed by atoms with van der Waals surface area (Å²) >= 11 is 0. The Balaban J connectivity index is 1.89. The molecule has 1 aromatic heterocycles. The lowest BCUT2D eigenvalue weighted by molar-refractivity contribution is 0.861.